The van der Waals surface area contributed by atoms with E-state index in [2.05, 4.69) is 18.7 Å². The summed E-state index contributed by atoms with van der Waals surface area (Å²) in [5.41, 5.74) is 2.53. The number of morpholine rings is 1. The van der Waals surface area contributed by atoms with E-state index in [1.165, 1.54) is 7.11 Å². The van der Waals surface area contributed by atoms with Crippen molar-refractivity contribution < 1.29 is 19.0 Å². The molecule has 2 aliphatic rings. The first kappa shape index (κ1) is 16.2. The molecule has 0 saturated carbocycles. The molecule has 6 heteroatoms. The number of carbonyl (C=O) groups excluding carboxylic acids is 1. The number of aromatic nitrogens is 1. The van der Waals surface area contributed by atoms with Gasteiger partial charge in [0.1, 0.15) is 5.82 Å². The first-order valence-electron chi connectivity index (χ1n) is 8.17. The van der Waals surface area contributed by atoms with Crippen LogP contribution in [-0.4, -0.2) is 56.6 Å². The summed E-state index contributed by atoms with van der Waals surface area (Å²) in [5, 5.41) is 0. The fourth-order valence-electron chi connectivity index (χ4n) is 3.36. The molecule has 1 saturated heterocycles. The van der Waals surface area contributed by atoms with Crippen molar-refractivity contribution in [1.82, 2.24) is 4.98 Å². The van der Waals surface area contributed by atoms with Crippen LogP contribution < -0.4 is 4.90 Å². The van der Waals surface area contributed by atoms with E-state index >= 15 is 0 Å². The van der Waals surface area contributed by atoms with Crippen molar-refractivity contribution in [2.75, 3.05) is 38.3 Å². The summed E-state index contributed by atoms with van der Waals surface area (Å²) in [4.78, 5) is 19.2. The maximum absolute atomic E-state index is 12.2. The fourth-order valence-corrected chi connectivity index (χ4v) is 3.36. The van der Waals surface area contributed by atoms with Gasteiger partial charge in [-0.1, -0.05) is 0 Å². The summed E-state index contributed by atoms with van der Waals surface area (Å²) in [6.45, 7) is 6.91. The maximum Gasteiger partial charge on any atom is 0.338 e. The minimum Gasteiger partial charge on any atom is -0.465 e. The SMILES string of the molecule is COC(=O)c1cc(N2C[C@@H](C)O[C@@H](C)C2)nc2c1CCOCC2. The Bertz CT molecular complexity index is 580. The number of anilines is 1. The Kier molecular flexibility index (Phi) is 4.82. The van der Waals surface area contributed by atoms with Gasteiger partial charge in [-0.15, -0.1) is 0 Å². The Hall–Kier alpha value is -1.66. The zero-order valence-electron chi connectivity index (χ0n) is 14.0. The molecule has 3 heterocycles. The molecule has 0 N–H and O–H groups in total. The van der Waals surface area contributed by atoms with Gasteiger partial charge in [-0.25, -0.2) is 9.78 Å². The zero-order chi connectivity index (χ0) is 16.4. The lowest BCUT2D eigenvalue weighted by molar-refractivity contribution is -0.00547. The van der Waals surface area contributed by atoms with E-state index in [4.69, 9.17) is 19.2 Å². The highest BCUT2D eigenvalue weighted by Gasteiger charge is 2.26. The van der Waals surface area contributed by atoms with Gasteiger partial charge in [-0.3, -0.25) is 0 Å². The topological polar surface area (TPSA) is 60.9 Å². The van der Waals surface area contributed by atoms with Crippen LogP contribution in [0.25, 0.3) is 0 Å². The summed E-state index contributed by atoms with van der Waals surface area (Å²) >= 11 is 0. The van der Waals surface area contributed by atoms with Crippen molar-refractivity contribution in [2.45, 2.75) is 38.9 Å². The third kappa shape index (κ3) is 3.48. The summed E-state index contributed by atoms with van der Waals surface area (Å²) < 4.78 is 16.3. The largest absolute Gasteiger partial charge is 0.465 e. The Morgan fingerprint density at radius 2 is 1.96 bits per heavy atom. The molecule has 3 rings (SSSR count). The molecule has 1 aromatic rings. The number of nitrogens with zero attached hydrogens (tertiary/aromatic N) is 2. The van der Waals surface area contributed by atoms with Gasteiger partial charge in [0, 0.05) is 25.2 Å². The third-order valence-electron chi connectivity index (χ3n) is 4.32. The lowest BCUT2D eigenvalue weighted by atomic mass is 10.0. The van der Waals surface area contributed by atoms with Gasteiger partial charge in [0.25, 0.3) is 0 Å². The van der Waals surface area contributed by atoms with Crippen LogP contribution in [0.4, 0.5) is 5.82 Å². The summed E-state index contributed by atoms with van der Waals surface area (Å²) in [6.07, 6.45) is 1.71. The Balaban J connectivity index is 2.00. The average molecular weight is 320 g/mol. The zero-order valence-corrected chi connectivity index (χ0v) is 14.0. The van der Waals surface area contributed by atoms with Crippen LogP contribution in [0.5, 0.6) is 0 Å². The highest BCUT2D eigenvalue weighted by atomic mass is 16.5. The third-order valence-corrected chi connectivity index (χ3v) is 4.32. The highest BCUT2D eigenvalue weighted by Crippen LogP contribution is 2.26. The lowest BCUT2D eigenvalue weighted by Crippen LogP contribution is -2.46. The predicted octanol–water partition coefficient (Wildman–Crippen LogP) is 1.60. The van der Waals surface area contributed by atoms with Crippen LogP contribution in [0.2, 0.25) is 0 Å². The summed E-state index contributed by atoms with van der Waals surface area (Å²) in [6, 6.07) is 1.86. The molecule has 1 aromatic heterocycles. The molecule has 0 aromatic carbocycles. The minimum absolute atomic E-state index is 0.143. The number of fused-ring (bicyclic) bond motifs is 1. The van der Waals surface area contributed by atoms with E-state index in [-0.39, 0.29) is 18.2 Å². The summed E-state index contributed by atoms with van der Waals surface area (Å²) in [5.74, 6) is 0.522. The number of carbonyl (C=O) groups is 1. The van der Waals surface area contributed by atoms with Crippen molar-refractivity contribution in [2.24, 2.45) is 0 Å². The molecular weight excluding hydrogens is 296 g/mol. The molecule has 2 atom stereocenters. The van der Waals surface area contributed by atoms with E-state index in [1.807, 2.05) is 6.07 Å². The number of rotatable bonds is 2. The van der Waals surface area contributed by atoms with Crippen molar-refractivity contribution in [3.8, 4) is 0 Å². The first-order valence-corrected chi connectivity index (χ1v) is 8.17. The van der Waals surface area contributed by atoms with Crippen LogP contribution in [-0.2, 0) is 27.1 Å². The molecule has 23 heavy (non-hydrogen) atoms. The van der Waals surface area contributed by atoms with Crippen molar-refractivity contribution in [3.05, 3.63) is 22.9 Å². The van der Waals surface area contributed by atoms with Crippen LogP contribution in [0, 0.1) is 0 Å². The van der Waals surface area contributed by atoms with Crippen LogP contribution in [0.3, 0.4) is 0 Å². The van der Waals surface area contributed by atoms with E-state index in [0.717, 1.165) is 36.6 Å². The Labute approximate surface area is 136 Å². The number of hydrogen-bond acceptors (Lipinski definition) is 6. The smallest absolute Gasteiger partial charge is 0.338 e. The normalized spacial score (nSPS) is 24.7. The molecule has 6 nitrogen and oxygen atoms in total. The second-order valence-corrected chi connectivity index (χ2v) is 6.22. The van der Waals surface area contributed by atoms with Crippen LogP contribution in [0.15, 0.2) is 6.07 Å². The van der Waals surface area contributed by atoms with Gasteiger partial charge >= 0.3 is 5.97 Å². The van der Waals surface area contributed by atoms with Crippen LogP contribution in [0.1, 0.15) is 35.5 Å². The molecule has 0 unspecified atom stereocenters. The highest BCUT2D eigenvalue weighted by molar-refractivity contribution is 5.92. The van der Waals surface area contributed by atoms with Gasteiger partial charge < -0.3 is 19.1 Å². The molecule has 0 bridgehead atoms. The van der Waals surface area contributed by atoms with Gasteiger partial charge in [0.05, 0.1) is 38.1 Å². The number of esters is 1. The Morgan fingerprint density at radius 3 is 2.65 bits per heavy atom. The first-order chi connectivity index (χ1) is 11.1. The minimum atomic E-state index is -0.304. The number of ether oxygens (including phenoxy) is 3. The number of hydrogen-bond donors (Lipinski definition) is 0. The molecule has 0 radical (unpaired) electrons. The Morgan fingerprint density at radius 1 is 1.26 bits per heavy atom. The molecule has 0 aliphatic carbocycles. The van der Waals surface area contributed by atoms with Crippen molar-refractivity contribution in [3.63, 3.8) is 0 Å². The molecule has 126 valence electrons. The van der Waals surface area contributed by atoms with Crippen LogP contribution >= 0.6 is 0 Å². The van der Waals surface area contributed by atoms with E-state index in [0.29, 0.717) is 25.2 Å². The van der Waals surface area contributed by atoms with Crippen molar-refractivity contribution >= 4 is 11.8 Å². The molecule has 1 fully saturated rings. The second-order valence-electron chi connectivity index (χ2n) is 6.22. The van der Waals surface area contributed by atoms with Gasteiger partial charge in [0.2, 0.25) is 0 Å². The number of pyridine rings is 1. The monoisotopic (exact) mass is 320 g/mol. The lowest BCUT2D eigenvalue weighted by Gasteiger charge is -2.36. The van der Waals surface area contributed by atoms with Gasteiger partial charge in [0.15, 0.2) is 0 Å². The maximum atomic E-state index is 12.2. The van der Waals surface area contributed by atoms with Gasteiger partial charge in [-0.2, -0.15) is 0 Å². The second kappa shape index (κ2) is 6.84. The standard InChI is InChI=1S/C17H24N2O4/c1-11-9-19(10-12(2)23-11)16-8-14(17(20)21-3)13-4-6-22-7-5-15(13)18-16/h8,11-12H,4-7,9-10H2,1-3H3/t11-,12+. The van der Waals surface area contributed by atoms with E-state index in [9.17, 15) is 4.79 Å². The molecule has 0 spiro atoms. The average Bonchev–Trinajstić information content (AvgIpc) is 2.77. The fraction of sp³-hybridized carbons (Fsp3) is 0.647. The molecule has 0 amide bonds. The molecular formula is C17H24N2O4. The predicted molar refractivity (Wildman–Crippen MR) is 86.0 cm³/mol. The molecule has 2 aliphatic heterocycles. The van der Waals surface area contributed by atoms with E-state index in [1.54, 1.807) is 0 Å². The van der Waals surface area contributed by atoms with Crippen molar-refractivity contribution in [1.29, 1.82) is 0 Å². The number of methoxy groups -OCH3 is 1. The van der Waals surface area contributed by atoms with Gasteiger partial charge in [-0.05, 0) is 31.9 Å². The van der Waals surface area contributed by atoms with E-state index < -0.39 is 0 Å². The summed E-state index contributed by atoms with van der Waals surface area (Å²) in [7, 11) is 1.42. The quantitative estimate of drug-likeness (QED) is 0.771.